The molecule has 0 saturated carbocycles. The molecular weight excluding hydrogens is 242 g/mol. The third-order valence-electron chi connectivity index (χ3n) is 2.88. The van der Waals surface area contributed by atoms with Gasteiger partial charge in [0.25, 0.3) is 5.91 Å². The minimum absolute atomic E-state index is 0.0507. The lowest BCUT2D eigenvalue weighted by molar-refractivity contribution is 0.0303. The predicted molar refractivity (Wildman–Crippen MR) is 73.5 cm³/mol. The fraction of sp³-hybridized carbons (Fsp3) is 0.400. The topological polar surface area (TPSA) is 38.8 Å². The zero-order valence-electron chi connectivity index (χ0n) is 11.2. The van der Waals surface area contributed by atoms with Crippen LogP contribution >= 0.6 is 0 Å². The van der Waals surface area contributed by atoms with E-state index in [1.54, 1.807) is 12.1 Å². The van der Waals surface area contributed by atoms with Gasteiger partial charge in [-0.3, -0.25) is 4.79 Å². The molecule has 0 aromatic heterocycles. The molecule has 0 spiro atoms. The molecule has 0 unspecified atom stereocenters. The molecule has 1 aliphatic heterocycles. The number of carbonyl (C=O) groups excluding carboxylic acids is 1. The van der Waals surface area contributed by atoms with Gasteiger partial charge in [-0.1, -0.05) is 6.58 Å². The number of rotatable bonds is 4. The maximum Gasteiger partial charge on any atom is 0.254 e. The van der Waals surface area contributed by atoms with Gasteiger partial charge in [0.1, 0.15) is 12.4 Å². The van der Waals surface area contributed by atoms with Gasteiger partial charge in [0.2, 0.25) is 0 Å². The maximum absolute atomic E-state index is 12.2. The number of nitrogens with zero attached hydrogens (tertiary/aromatic N) is 1. The summed E-state index contributed by atoms with van der Waals surface area (Å²) in [5, 5.41) is 0. The molecule has 0 N–H and O–H groups in total. The number of carbonyl (C=O) groups is 1. The van der Waals surface area contributed by atoms with Gasteiger partial charge in [-0.15, -0.1) is 0 Å². The predicted octanol–water partition coefficient (Wildman–Crippen LogP) is 2.11. The average Bonchev–Trinajstić information content (AvgIpc) is 2.46. The second kappa shape index (κ2) is 6.38. The number of morpholine rings is 1. The molecule has 1 aromatic rings. The van der Waals surface area contributed by atoms with Crippen molar-refractivity contribution >= 4 is 5.91 Å². The zero-order valence-corrected chi connectivity index (χ0v) is 11.2. The second-order valence-corrected chi connectivity index (χ2v) is 4.67. The van der Waals surface area contributed by atoms with E-state index in [2.05, 4.69) is 6.58 Å². The van der Waals surface area contributed by atoms with Crippen LogP contribution in [0.1, 0.15) is 17.3 Å². The molecule has 102 valence electrons. The Hall–Kier alpha value is -1.81. The Balaban J connectivity index is 1.97. The summed E-state index contributed by atoms with van der Waals surface area (Å²) in [5.74, 6) is 0.802. The van der Waals surface area contributed by atoms with Gasteiger partial charge in [-0.05, 0) is 36.8 Å². The number of hydrogen-bond acceptors (Lipinski definition) is 3. The van der Waals surface area contributed by atoms with E-state index in [0.717, 1.165) is 11.3 Å². The molecule has 1 heterocycles. The van der Waals surface area contributed by atoms with Crippen molar-refractivity contribution in [1.29, 1.82) is 0 Å². The van der Waals surface area contributed by atoms with Gasteiger partial charge in [0.15, 0.2) is 0 Å². The number of amides is 1. The standard InChI is InChI=1S/C15H19NO3/c1-12(2)11-19-14-5-3-13(4-6-14)15(17)16-7-9-18-10-8-16/h3-6H,1,7-11H2,2H3. The van der Waals surface area contributed by atoms with Gasteiger partial charge in [-0.2, -0.15) is 0 Å². The SMILES string of the molecule is C=C(C)COc1ccc(C(=O)N2CCOCC2)cc1. The van der Waals surface area contributed by atoms with Crippen molar-refractivity contribution in [2.45, 2.75) is 6.92 Å². The molecule has 19 heavy (non-hydrogen) atoms. The van der Waals surface area contributed by atoms with E-state index >= 15 is 0 Å². The van der Waals surface area contributed by atoms with E-state index in [1.807, 2.05) is 24.0 Å². The van der Waals surface area contributed by atoms with Crippen molar-refractivity contribution in [3.63, 3.8) is 0 Å². The van der Waals surface area contributed by atoms with Crippen LogP contribution in [0.15, 0.2) is 36.4 Å². The largest absolute Gasteiger partial charge is 0.489 e. The van der Waals surface area contributed by atoms with E-state index in [4.69, 9.17) is 9.47 Å². The smallest absolute Gasteiger partial charge is 0.254 e. The van der Waals surface area contributed by atoms with Crippen molar-refractivity contribution in [3.05, 3.63) is 42.0 Å². The lowest BCUT2D eigenvalue weighted by Crippen LogP contribution is -2.40. The molecule has 1 saturated heterocycles. The van der Waals surface area contributed by atoms with Crippen LogP contribution in [0.5, 0.6) is 5.75 Å². The lowest BCUT2D eigenvalue weighted by atomic mass is 10.2. The first-order valence-corrected chi connectivity index (χ1v) is 6.41. The summed E-state index contributed by atoms with van der Waals surface area (Å²) in [6.07, 6.45) is 0. The van der Waals surface area contributed by atoms with E-state index < -0.39 is 0 Å². The summed E-state index contributed by atoms with van der Waals surface area (Å²) in [5.41, 5.74) is 1.65. The molecule has 0 aliphatic carbocycles. The molecule has 0 bridgehead atoms. The van der Waals surface area contributed by atoms with E-state index in [9.17, 15) is 4.79 Å². The van der Waals surface area contributed by atoms with Crippen molar-refractivity contribution in [1.82, 2.24) is 4.90 Å². The summed E-state index contributed by atoms with van der Waals surface area (Å²) in [6, 6.07) is 7.23. The highest BCUT2D eigenvalue weighted by Crippen LogP contribution is 2.15. The van der Waals surface area contributed by atoms with Gasteiger partial charge in [0, 0.05) is 18.7 Å². The van der Waals surface area contributed by atoms with Gasteiger partial charge < -0.3 is 14.4 Å². The highest BCUT2D eigenvalue weighted by atomic mass is 16.5. The Bertz CT molecular complexity index is 447. The van der Waals surface area contributed by atoms with Gasteiger partial charge in [0.05, 0.1) is 13.2 Å². The molecule has 4 nitrogen and oxygen atoms in total. The van der Waals surface area contributed by atoms with Crippen molar-refractivity contribution in [2.24, 2.45) is 0 Å². The molecular formula is C15H19NO3. The molecule has 1 aliphatic rings. The molecule has 0 atom stereocenters. The zero-order chi connectivity index (χ0) is 13.7. The van der Waals surface area contributed by atoms with Gasteiger partial charge >= 0.3 is 0 Å². The second-order valence-electron chi connectivity index (χ2n) is 4.67. The van der Waals surface area contributed by atoms with Crippen LogP contribution in [0.2, 0.25) is 0 Å². The van der Waals surface area contributed by atoms with Crippen molar-refractivity contribution < 1.29 is 14.3 Å². The Morgan fingerprint density at radius 2 is 1.95 bits per heavy atom. The molecule has 0 radical (unpaired) electrons. The van der Waals surface area contributed by atoms with Crippen LogP contribution < -0.4 is 4.74 Å². The van der Waals surface area contributed by atoms with E-state index in [-0.39, 0.29) is 5.91 Å². The van der Waals surface area contributed by atoms with Crippen molar-refractivity contribution in [2.75, 3.05) is 32.9 Å². The molecule has 1 fully saturated rings. The third kappa shape index (κ3) is 3.83. The minimum Gasteiger partial charge on any atom is -0.489 e. The van der Waals surface area contributed by atoms with Crippen LogP contribution in [0, 0.1) is 0 Å². The number of hydrogen-bond donors (Lipinski definition) is 0. The Labute approximate surface area is 113 Å². The third-order valence-corrected chi connectivity index (χ3v) is 2.88. The maximum atomic E-state index is 12.2. The summed E-state index contributed by atoms with van der Waals surface area (Å²) in [6.45, 7) is 8.74. The summed E-state index contributed by atoms with van der Waals surface area (Å²) in [7, 11) is 0. The summed E-state index contributed by atoms with van der Waals surface area (Å²) in [4.78, 5) is 14.0. The summed E-state index contributed by atoms with van der Waals surface area (Å²) >= 11 is 0. The molecule has 1 amide bonds. The highest BCUT2D eigenvalue weighted by Gasteiger charge is 2.18. The fourth-order valence-electron chi connectivity index (χ4n) is 1.85. The Kier molecular flexibility index (Phi) is 4.58. The Morgan fingerprint density at radius 1 is 1.32 bits per heavy atom. The first-order valence-electron chi connectivity index (χ1n) is 6.41. The number of benzene rings is 1. The van der Waals surface area contributed by atoms with Crippen LogP contribution in [0.3, 0.4) is 0 Å². The van der Waals surface area contributed by atoms with Crippen LogP contribution in [-0.4, -0.2) is 43.7 Å². The minimum atomic E-state index is 0.0507. The van der Waals surface area contributed by atoms with E-state index in [1.165, 1.54) is 0 Å². The van der Waals surface area contributed by atoms with Gasteiger partial charge in [-0.25, -0.2) is 0 Å². The van der Waals surface area contributed by atoms with E-state index in [0.29, 0.717) is 38.5 Å². The summed E-state index contributed by atoms with van der Waals surface area (Å²) < 4.78 is 10.7. The van der Waals surface area contributed by atoms with Crippen LogP contribution in [0.4, 0.5) is 0 Å². The lowest BCUT2D eigenvalue weighted by Gasteiger charge is -2.26. The first-order chi connectivity index (χ1) is 9.16. The average molecular weight is 261 g/mol. The van der Waals surface area contributed by atoms with Crippen LogP contribution in [-0.2, 0) is 4.74 Å². The quantitative estimate of drug-likeness (QED) is 0.779. The fourth-order valence-corrected chi connectivity index (χ4v) is 1.85. The van der Waals surface area contributed by atoms with Crippen LogP contribution in [0.25, 0.3) is 0 Å². The monoisotopic (exact) mass is 261 g/mol. The molecule has 1 aromatic carbocycles. The first kappa shape index (κ1) is 13.6. The van der Waals surface area contributed by atoms with Crippen molar-refractivity contribution in [3.8, 4) is 5.75 Å². The highest BCUT2D eigenvalue weighted by molar-refractivity contribution is 5.94. The normalized spacial score (nSPS) is 15.1. The molecule has 4 heteroatoms. The Morgan fingerprint density at radius 3 is 2.53 bits per heavy atom. The number of ether oxygens (including phenoxy) is 2. The molecule has 2 rings (SSSR count).